The van der Waals surface area contributed by atoms with Gasteiger partial charge < -0.3 is 19.1 Å². The Labute approximate surface area is 187 Å². The molecule has 166 valence electrons. The standard InChI is InChI=1S/C23H27ClN2O5/c1-4-31-23(28)21(16-5-7-17(24)8-6-16)25-11-13-26(14-12-25)22(27)19-10-9-18(29-2)15-20(19)30-3/h5-10,15,21H,4,11-14H2,1-3H3/t21-/m0/s1. The summed E-state index contributed by atoms with van der Waals surface area (Å²) >= 11 is 6.01. The molecule has 1 heterocycles. The lowest BCUT2D eigenvalue weighted by Gasteiger charge is -2.38. The molecule has 0 aromatic heterocycles. The Balaban J connectivity index is 1.74. The number of hydrogen-bond donors (Lipinski definition) is 0. The van der Waals surface area contributed by atoms with Crippen LogP contribution in [0.3, 0.4) is 0 Å². The number of amides is 1. The first-order valence-corrected chi connectivity index (χ1v) is 10.5. The number of ether oxygens (including phenoxy) is 3. The molecule has 0 spiro atoms. The first kappa shape index (κ1) is 22.9. The highest BCUT2D eigenvalue weighted by molar-refractivity contribution is 6.30. The van der Waals surface area contributed by atoms with E-state index in [1.54, 1.807) is 49.3 Å². The second-order valence-corrected chi connectivity index (χ2v) is 7.54. The van der Waals surface area contributed by atoms with Crippen molar-refractivity contribution in [2.75, 3.05) is 47.0 Å². The van der Waals surface area contributed by atoms with Crippen molar-refractivity contribution < 1.29 is 23.8 Å². The number of carbonyl (C=O) groups is 2. The second-order valence-electron chi connectivity index (χ2n) is 7.10. The molecule has 1 saturated heterocycles. The SMILES string of the molecule is CCOC(=O)[C@H](c1ccc(Cl)cc1)N1CCN(C(=O)c2ccc(OC)cc2OC)CC1. The van der Waals surface area contributed by atoms with Gasteiger partial charge in [-0.2, -0.15) is 0 Å². The molecular weight excluding hydrogens is 420 g/mol. The van der Waals surface area contributed by atoms with Gasteiger partial charge in [-0.15, -0.1) is 0 Å². The van der Waals surface area contributed by atoms with Crippen LogP contribution >= 0.6 is 11.6 Å². The minimum Gasteiger partial charge on any atom is -0.497 e. The molecule has 0 saturated carbocycles. The first-order valence-electron chi connectivity index (χ1n) is 10.2. The number of piperazine rings is 1. The quantitative estimate of drug-likeness (QED) is 0.607. The fourth-order valence-electron chi connectivity index (χ4n) is 3.69. The third-order valence-electron chi connectivity index (χ3n) is 5.30. The lowest BCUT2D eigenvalue weighted by atomic mass is 10.0. The van der Waals surface area contributed by atoms with Gasteiger partial charge in [-0.05, 0) is 36.8 Å². The minimum absolute atomic E-state index is 0.113. The summed E-state index contributed by atoms with van der Waals surface area (Å²) in [4.78, 5) is 29.6. The molecule has 1 fully saturated rings. The number of carbonyl (C=O) groups excluding carboxylic acids is 2. The smallest absolute Gasteiger partial charge is 0.328 e. The number of nitrogens with zero attached hydrogens (tertiary/aromatic N) is 2. The highest BCUT2D eigenvalue weighted by Crippen LogP contribution is 2.28. The van der Waals surface area contributed by atoms with E-state index >= 15 is 0 Å². The molecule has 1 amide bonds. The van der Waals surface area contributed by atoms with Gasteiger partial charge in [0.1, 0.15) is 17.5 Å². The molecule has 7 nitrogen and oxygen atoms in total. The van der Waals surface area contributed by atoms with Crippen molar-refractivity contribution in [2.45, 2.75) is 13.0 Å². The average molecular weight is 447 g/mol. The number of halogens is 1. The van der Waals surface area contributed by atoms with Gasteiger partial charge in [-0.25, -0.2) is 4.79 Å². The van der Waals surface area contributed by atoms with Crippen LogP contribution in [0.4, 0.5) is 0 Å². The molecule has 1 aliphatic heterocycles. The van der Waals surface area contributed by atoms with Crippen LogP contribution < -0.4 is 9.47 Å². The summed E-state index contributed by atoms with van der Waals surface area (Å²) in [5, 5.41) is 0.607. The molecule has 0 bridgehead atoms. The fraction of sp³-hybridized carbons (Fsp3) is 0.391. The van der Waals surface area contributed by atoms with E-state index in [0.29, 0.717) is 54.9 Å². The predicted octanol–water partition coefficient (Wildman–Crippen LogP) is 3.42. The highest BCUT2D eigenvalue weighted by Gasteiger charge is 2.33. The van der Waals surface area contributed by atoms with Crippen molar-refractivity contribution in [1.29, 1.82) is 0 Å². The Kier molecular flexibility index (Phi) is 7.76. The normalized spacial score (nSPS) is 15.3. The molecular formula is C23H27ClN2O5. The van der Waals surface area contributed by atoms with Crippen molar-refractivity contribution in [1.82, 2.24) is 9.80 Å². The van der Waals surface area contributed by atoms with Crippen molar-refractivity contribution in [3.8, 4) is 11.5 Å². The maximum atomic E-state index is 13.1. The topological polar surface area (TPSA) is 68.3 Å². The third kappa shape index (κ3) is 5.29. The number of methoxy groups -OCH3 is 2. The van der Waals surface area contributed by atoms with Gasteiger partial charge in [0.25, 0.3) is 5.91 Å². The van der Waals surface area contributed by atoms with Gasteiger partial charge >= 0.3 is 5.97 Å². The van der Waals surface area contributed by atoms with E-state index in [1.807, 2.05) is 17.0 Å². The van der Waals surface area contributed by atoms with Crippen molar-refractivity contribution >= 4 is 23.5 Å². The maximum absolute atomic E-state index is 13.1. The Morgan fingerprint density at radius 2 is 1.68 bits per heavy atom. The van der Waals surface area contributed by atoms with E-state index < -0.39 is 6.04 Å². The zero-order valence-electron chi connectivity index (χ0n) is 18.0. The van der Waals surface area contributed by atoms with Crippen molar-refractivity contribution in [3.63, 3.8) is 0 Å². The Morgan fingerprint density at radius 1 is 1.00 bits per heavy atom. The Morgan fingerprint density at radius 3 is 2.26 bits per heavy atom. The van der Waals surface area contributed by atoms with Crippen molar-refractivity contribution in [3.05, 3.63) is 58.6 Å². The van der Waals surface area contributed by atoms with Crippen LogP contribution in [-0.4, -0.2) is 68.7 Å². The molecule has 31 heavy (non-hydrogen) atoms. The summed E-state index contributed by atoms with van der Waals surface area (Å²) in [7, 11) is 3.09. The van der Waals surface area contributed by atoms with E-state index in [0.717, 1.165) is 5.56 Å². The van der Waals surface area contributed by atoms with Crippen molar-refractivity contribution in [2.24, 2.45) is 0 Å². The molecule has 2 aromatic rings. The largest absolute Gasteiger partial charge is 0.497 e. The third-order valence-corrected chi connectivity index (χ3v) is 5.55. The van der Waals surface area contributed by atoms with E-state index in [2.05, 4.69) is 0 Å². The Bertz CT molecular complexity index is 911. The van der Waals surface area contributed by atoms with Gasteiger partial charge in [0.2, 0.25) is 0 Å². The summed E-state index contributed by atoms with van der Waals surface area (Å²) in [6.45, 7) is 4.13. The monoisotopic (exact) mass is 446 g/mol. The van der Waals surface area contributed by atoms with Crippen LogP contribution in [-0.2, 0) is 9.53 Å². The number of rotatable bonds is 7. The summed E-state index contributed by atoms with van der Waals surface area (Å²) in [5.74, 6) is 0.676. The molecule has 1 aliphatic rings. The van der Waals surface area contributed by atoms with Gasteiger partial charge in [0.05, 0.1) is 26.4 Å². The molecule has 0 N–H and O–H groups in total. The lowest BCUT2D eigenvalue weighted by Crippen LogP contribution is -2.51. The number of esters is 1. The fourth-order valence-corrected chi connectivity index (χ4v) is 3.82. The zero-order valence-corrected chi connectivity index (χ0v) is 18.7. The number of hydrogen-bond acceptors (Lipinski definition) is 6. The van der Waals surface area contributed by atoms with Crippen LogP contribution in [0, 0.1) is 0 Å². The molecule has 0 unspecified atom stereocenters. The van der Waals surface area contributed by atoms with E-state index in [-0.39, 0.29) is 11.9 Å². The maximum Gasteiger partial charge on any atom is 0.328 e. The van der Waals surface area contributed by atoms with Gasteiger partial charge in [0, 0.05) is 37.3 Å². The zero-order chi connectivity index (χ0) is 22.4. The molecule has 2 aromatic carbocycles. The summed E-state index contributed by atoms with van der Waals surface area (Å²) in [5.41, 5.74) is 1.30. The average Bonchev–Trinajstić information content (AvgIpc) is 2.80. The molecule has 0 aliphatic carbocycles. The van der Waals surface area contributed by atoms with E-state index in [1.165, 1.54) is 7.11 Å². The summed E-state index contributed by atoms with van der Waals surface area (Å²) in [6.07, 6.45) is 0. The molecule has 3 rings (SSSR count). The number of benzene rings is 2. The van der Waals surface area contributed by atoms with E-state index in [4.69, 9.17) is 25.8 Å². The van der Waals surface area contributed by atoms with Gasteiger partial charge in [-0.3, -0.25) is 9.69 Å². The van der Waals surface area contributed by atoms with Crippen LogP contribution in [0.1, 0.15) is 28.9 Å². The van der Waals surface area contributed by atoms with E-state index in [9.17, 15) is 9.59 Å². The molecule has 1 atom stereocenters. The summed E-state index contributed by atoms with van der Waals surface area (Å²) in [6, 6.07) is 11.8. The second kappa shape index (κ2) is 10.5. The molecule has 8 heteroatoms. The van der Waals surface area contributed by atoms with Gasteiger partial charge in [0.15, 0.2) is 0 Å². The highest BCUT2D eigenvalue weighted by atomic mass is 35.5. The Hall–Kier alpha value is -2.77. The van der Waals surface area contributed by atoms with Crippen LogP contribution in [0.15, 0.2) is 42.5 Å². The van der Waals surface area contributed by atoms with Crippen LogP contribution in [0.25, 0.3) is 0 Å². The first-order chi connectivity index (χ1) is 15.0. The van der Waals surface area contributed by atoms with Crippen LogP contribution in [0.5, 0.6) is 11.5 Å². The van der Waals surface area contributed by atoms with Crippen LogP contribution in [0.2, 0.25) is 5.02 Å². The minimum atomic E-state index is -0.537. The molecule has 0 radical (unpaired) electrons. The van der Waals surface area contributed by atoms with Gasteiger partial charge in [-0.1, -0.05) is 23.7 Å². The lowest BCUT2D eigenvalue weighted by molar-refractivity contribution is -0.150. The predicted molar refractivity (Wildman–Crippen MR) is 118 cm³/mol. The summed E-state index contributed by atoms with van der Waals surface area (Å²) < 4.78 is 15.9.